The van der Waals surface area contributed by atoms with E-state index in [9.17, 15) is 9.59 Å². The van der Waals surface area contributed by atoms with Crippen LogP contribution in [0.15, 0.2) is 24.4 Å². The maximum Gasteiger partial charge on any atom is 0.396 e. The number of ether oxygens (including phenoxy) is 1. The van der Waals surface area contributed by atoms with Gasteiger partial charge < -0.3 is 10.1 Å². The predicted octanol–water partition coefficient (Wildman–Crippen LogP) is -0.0867. The third-order valence-corrected chi connectivity index (χ3v) is 1.76. The van der Waals surface area contributed by atoms with Crippen molar-refractivity contribution >= 4 is 11.9 Å². The van der Waals surface area contributed by atoms with Gasteiger partial charge in [-0.3, -0.25) is 9.78 Å². The molecule has 1 N–H and O–H groups in total. The monoisotopic (exact) mass is 208 g/mol. The van der Waals surface area contributed by atoms with Gasteiger partial charge >= 0.3 is 11.9 Å². The Bertz CT molecular complexity index is 338. The highest BCUT2D eigenvalue weighted by Crippen LogP contribution is 1.92. The maximum absolute atomic E-state index is 11.0. The third kappa shape index (κ3) is 3.76. The second-order valence-corrected chi connectivity index (χ2v) is 2.82. The number of nitrogens with one attached hydrogen (secondary N) is 1. The van der Waals surface area contributed by atoms with E-state index in [4.69, 9.17) is 0 Å². The Balaban J connectivity index is 2.28. The van der Waals surface area contributed by atoms with Crippen LogP contribution in [0.5, 0.6) is 0 Å². The number of methoxy groups -OCH3 is 1. The van der Waals surface area contributed by atoms with Crippen molar-refractivity contribution in [1.29, 1.82) is 0 Å². The lowest BCUT2D eigenvalue weighted by molar-refractivity contribution is -0.152. The molecule has 0 saturated carbocycles. The molecule has 0 atom stereocenters. The average Bonchev–Trinajstić information content (AvgIpc) is 2.29. The lowest BCUT2D eigenvalue weighted by atomic mass is 10.3. The van der Waals surface area contributed by atoms with Crippen LogP contribution >= 0.6 is 0 Å². The van der Waals surface area contributed by atoms with E-state index >= 15 is 0 Å². The first kappa shape index (κ1) is 11.2. The number of aromatic nitrogens is 1. The molecule has 0 spiro atoms. The van der Waals surface area contributed by atoms with Gasteiger partial charge in [-0.25, -0.2) is 4.79 Å². The van der Waals surface area contributed by atoms with E-state index in [1.165, 1.54) is 7.11 Å². The lowest BCUT2D eigenvalue weighted by Gasteiger charge is -2.02. The molecule has 0 aromatic carbocycles. The minimum Gasteiger partial charge on any atom is -0.462 e. The zero-order chi connectivity index (χ0) is 11.1. The highest BCUT2D eigenvalue weighted by atomic mass is 16.5. The molecule has 0 saturated heterocycles. The van der Waals surface area contributed by atoms with Gasteiger partial charge in [0.25, 0.3) is 0 Å². The number of hydrogen-bond donors (Lipinski definition) is 1. The molecule has 15 heavy (non-hydrogen) atoms. The molecule has 80 valence electrons. The summed E-state index contributed by atoms with van der Waals surface area (Å²) in [5.74, 6) is -1.61. The first-order valence-corrected chi connectivity index (χ1v) is 4.50. The summed E-state index contributed by atoms with van der Waals surface area (Å²) in [4.78, 5) is 25.7. The van der Waals surface area contributed by atoms with Crippen molar-refractivity contribution in [2.45, 2.75) is 6.42 Å². The standard InChI is InChI=1S/C10H12N2O3/c1-15-10(14)9(13)12-7-5-8-4-2-3-6-11-8/h2-4,6H,5,7H2,1H3,(H,12,13). The van der Waals surface area contributed by atoms with Gasteiger partial charge in [0.1, 0.15) is 0 Å². The Hall–Kier alpha value is -1.91. The van der Waals surface area contributed by atoms with Gasteiger partial charge in [0, 0.05) is 24.9 Å². The van der Waals surface area contributed by atoms with Crippen molar-refractivity contribution in [3.05, 3.63) is 30.1 Å². The largest absolute Gasteiger partial charge is 0.462 e. The van der Waals surface area contributed by atoms with Gasteiger partial charge in [-0.2, -0.15) is 0 Å². The maximum atomic E-state index is 11.0. The van der Waals surface area contributed by atoms with Crippen molar-refractivity contribution in [3.63, 3.8) is 0 Å². The average molecular weight is 208 g/mol. The van der Waals surface area contributed by atoms with Crippen molar-refractivity contribution < 1.29 is 14.3 Å². The molecule has 0 aliphatic heterocycles. The summed E-state index contributed by atoms with van der Waals surface area (Å²) in [6.07, 6.45) is 2.26. The van der Waals surface area contributed by atoms with Crippen molar-refractivity contribution in [3.8, 4) is 0 Å². The molecule has 1 aromatic heterocycles. The van der Waals surface area contributed by atoms with Gasteiger partial charge in [-0.1, -0.05) is 6.07 Å². The minimum absolute atomic E-state index is 0.366. The molecule has 5 nitrogen and oxygen atoms in total. The van der Waals surface area contributed by atoms with E-state index in [0.29, 0.717) is 13.0 Å². The smallest absolute Gasteiger partial charge is 0.396 e. The fraction of sp³-hybridized carbons (Fsp3) is 0.300. The zero-order valence-corrected chi connectivity index (χ0v) is 8.40. The first-order valence-electron chi connectivity index (χ1n) is 4.50. The van der Waals surface area contributed by atoms with E-state index in [0.717, 1.165) is 5.69 Å². The Morgan fingerprint density at radius 1 is 1.47 bits per heavy atom. The van der Waals surface area contributed by atoms with Crippen molar-refractivity contribution in [2.24, 2.45) is 0 Å². The molecule has 0 unspecified atom stereocenters. The number of rotatable bonds is 3. The summed E-state index contributed by atoms with van der Waals surface area (Å²) in [6, 6.07) is 5.53. The van der Waals surface area contributed by atoms with Crippen LogP contribution in [-0.4, -0.2) is 30.5 Å². The number of amides is 1. The highest BCUT2D eigenvalue weighted by molar-refractivity contribution is 6.32. The normalized spacial score (nSPS) is 9.40. The van der Waals surface area contributed by atoms with Gasteiger partial charge in [0.2, 0.25) is 0 Å². The molecule has 1 amide bonds. The molecule has 0 fully saturated rings. The van der Waals surface area contributed by atoms with Gasteiger partial charge in [0.15, 0.2) is 0 Å². The third-order valence-electron chi connectivity index (χ3n) is 1.76. The molecule has 5 heteroatoms. The van der Waals surface area contributed by atoms with E-state index in [1.54, 1.807) is 6.20 Å². The molecular formula is C10H12N2O3. The predicted molar refractivity (Wildman–Crippen MR) is 53.0 cm³/mol. The van der Waals surface area contributed by atoms with Gasteiger partial charge in [-0.15, -0.1) is 0 Å². The number of pyridine rings is 1. The molecular weight excluding hydrogens is 196 g/mol. The molecule has 1 aromatic rings. The molecule has 0 radical (unpaired) electrons. The summed E-state index contributed by atoms with van der Waals surface area (Å²) >= 11 is 0. The summed E-state index contributed by atoms with van der Waals surface area (Å²) in [6.45, 7) is 0.366. The number of hydrogen-bond acceptors (Lipinski definition) is 4. The van der Waals surface area contributed by atoms with Gasteiger partial charge in [-0.05, 0) is 12.1 Å². The lowest BCUT2D eigenvalue weighted by Crippen LogP contribution is -2.33. The quantitative estimate of drug-likeness (QED) is 0.557. The Labute approximate surface area is 87.5 Å². The number of esters is 1. The highest BCUT2D eigenvalue weighted by Gasteiger charge is 2.11. The van der Waals surface area contributed by atoms with E-state index < -0.39 is 11.9 Å². The summed E-state index contributed by atoms with van der Waals surface area (Å²) in [5.41, 5.74) is 0.864. The summed E-state index contributed by atoms with van der Waals surface area (Å²) in [7, 11) is 1.17. The van der Waals surface area contributed by atoms with Crippen LogP contribution in [0.2, 0.25) is 0 Å². The zero-order valence-electron chi connectivity index (χ0n) is 8.40. The van der Waals surface area contributed by atoms with Crippen molar-refractivity contribution in [1.82, 2.24) is 10.3 Å². The fourth-order valence-electron chi connectivity index (χ4n) is 1.01. The summed E-state index contributed by atoms with van der Waals surface area (Å²) in [5, 5.41) is 2.43. The van der Waals surface area contributed by atoms with E-state index in [2.05, 4.69) is 15.0 Å². The molecule has 0 bridgehead atoms. The second kappa shape index (κ2) is 5.74. The van der Waals surface area contributed by atoms with Crippen molar-refractivity contribution in [2.75, 3.05) is 13.7 Å². The number of carbonyl (C=O) groups is 2. The van der Waals surface area contributed by atoms with E-state index in [-0.39, 0.29) is 0 Å². The topological polar surface area (TPSA) is 68.3 Å². The van der Waals surface area contributed by atoms with Crippen LogP contribution in [0.3, 0.4) is 0 Å². The fourth-order valence-corrected chi connectivity index (χ4v) is 1.01. The van der Waals surface area contributed by atoms with Crippen LogP contribution in [0.4, 0.5) is 0 Å². The molecule has 0 aliphatic rings. The van der Waals surface area contributed by atoms with Gasteiger partial charge in [0.05, 0.1) is 7.11 Å². The summed E-state index contributed by atoms with van der Waals surface area (Å²) < 4.78 is 4.25. The molecule has 1 heterocycles. The Morgan fingerprint density at radius 3 is 2.87 bits per heavy atom. The molecule has 0 aliphatic carbocycles. The van der Waals surface area contributed by atoms with Crippen LogP contribution in [0.1, 0.15) is 5.69 Å². The first-order chi connectivity index (χ1) is 7.24. The number of carbonyl (C=O) groups excluding carboxylic acids is 2. The van der Waals surface area contributed by atoms with Crippen LogP contribution in [-0.2, 0) is 20.7 Å². The Kier molecular flexibility index (Phi) is 4.28. The van der Waals surface area contributed by atoms with Crippen LogP contribution in [0, 0.1) is 0 Å². The van der Waals surface area contributed by atoms with Crippen LogP contribution < -0.4 is 5.32 Å². The molecule has 1 rings (SSSR count). The van der Waals surface area contributed by atoms with E-state index in [1.807, 2.05) is 18.2 Å². The minimum atomic E-state index is -0.879. The Morgan fingerprint density at radius 2 is 2.27 bits per heavy atom. The van der Waals surface area contributed by atoms with Crippen LogP contribution in [0.25, 0.3) is 0 Å². The number of nitrogens with zero attached hydrogens (tertiary/aromatic N) is 1. The second-order valence-electron chi connectivity index (χ2n) is 2.82. The SMILES string of the molecule is COC(=O)C(=O)NCCc1ccccn1.